The van der Waals surface area contributed by atoms with Crippen LogP contribution in [0.3, 0.4) is 0 Å². The van der Waals surface area contributed by atoms with Gasteiger partial charge in [0.25, 0.3) is 0 Å². The molecule has 139 valence electrons. The van der Waals surface area contributed by atoms with Gasteiger partial charge in [-0.3, -0.25) is 11.9 Å². The second kappa shape index (κ2) is 11.7. The van der Waals surface area contributed by atoms with Gasteiger partial charge in [0.2, 0.25) is 0 Å². The number of piperidine rings is 1. The molecule has 3 nitrogen and oxygen atoms in total. The Bertz CT molecular complexity index is 343. The van der Waals surface area contributed by atoms with E-state index in [0.29, 0.717) is 0 Å². The van der Waals surface area contributed by atoms with Gasteiger partial charge in [-0.2, -0.15) is 0 Å². The number of likely N-dealkylation sites (tertiary alicyclic amines) is 1. The van der Waals surface area contributed by atoms with Crippen molar-refractivity contribution in [2.75, 3.05) is 45.8 Å². The molecule has 0 spiro atoms. The Morgan fingerprint density at radius 2 is 1.67 bits per heavy atom. The summed E-state index contributed by atoms with van der Waals surface area (Å²) in [6, 6.07) is 0. The molecule has 2 heterocycles. The molecule has 4 heteroatoms. The van der Waals surface area contributed by atoms with E-state index in [1.165, 1.54) is 57.3 Å². The molecule has 1 radical (unpaired) electrons. The first-order valence-corrected chi connectivity index (χ1v) is 9.75. The number of nitrogens with zero attached hydrogens (tertiary/aromatic N) is 3. The first kappa shape index (κ1) is 22.2. The molecule has 2 fully saturated rings. The number of hydrogen-bond acceptors (Lipinski definition) is 3. The molecule has 0 bridgehead atoms. The average molecular weight is 413 g/mol. The Kier molecular flexibility index (Phi) is 10.9. The van der Waals surface area contributed by atoms with Crippen LogP contribution in [-0.4, -0.2) is 60.5 Å². The number of unbranched alkanes of at least 4 members (excludes halogenated alkanes) is 1. The number of rotatable bonds is 8. The third-order valence-corrected chi connectivity index (χ3v) is 5.58. The fourth-order valence-electron chi connectivity index (χ4n) is 3.84. The summed E-state index contributed by atoms with van der Waals surface area (Å²) in [6.07, 6.45) is 8.49. The summed E-state index contributed by atoms with van der Waals surface area (Å²) in [6.45, 7) is 16.9. The van der Waals surface area contributed by atoms with Crippen LogP contribution in [0.25, 0.3) is 0 Å². The van der Waals surface area contributed by atoms with E-state index in [4.69, 9.17) is 0 Å². The zero-order chi connectivity index (χ0) is 16.7. The first-order chi connectivity index (χ1) is 11.0. The van der Waals surface area contributed by atoms with Crippen LogP contribution in [0, 0.1) is 18.9 Å². The maximum Gasteiger partial charge on any atom is 0.0377 e. The van der Waals surface area contributed by atoms with Gasteiger partial charge >= 0.3 is 0 Å². The Balaban J connectivity index is 0.00000288. The van der Waals surface area contributed by atoms with Gasteiger partial charge in [0.15, 0.2) is 0 Å². The first-order valence-electron chi connectivity index (χ1n) is 9.75. The van der Waals surface area contributed by atoms with Gasteiger partial charge in [0, 0.05) is 47.7 Å². The number of hydrogen-bond donors (Lipinski definition) is 0. The summed E-state index contributed by atoms with van der Waals surface area (Å²) in [7, 11) is 4.02. The largest absolute Gasteiger partial charge is 0.456 e. The maximum atomic E-state index is 4.34. The molecule has 0 amide bonds. The van der Waals surface area contributed by atoms with Gasteiger partial charge in [0.1, 0.15) is 0 Å². The summed E-state index contributed by atoms with van der Waals surface area (Å²) < 4.78 is 0. The van der Waals surface area contributed by atoms with Crippen molar-refractivity contribution >= 4 is 0 Å². The molecule has 0 atom stereocenters. The quantitative estimate of drug-likeness (QED) is 0.340. The summed E-state index contributed by atoms with van der Waals surface area (Å²) in [5, 5.41) is 0. The predicted octanol–water partition coefficient (Wildman–Crippen LogP) is 3.84. The van der Waals surface area contributed by atoms with E-state index in [1.54, 1.807) is 0 Å². The summed E-state index contributed by atoms with van der Waals surface area (Å²) >= 11 is 0. The molecular weight excluding hydrogens is 375 g/mol. The van der Waals surface area contributed by atoms with Crippen LogP contribution in [0.4, 0.5) is 0 Å². The second-order valence-corrected chi connectivity index (χ2v) is 8.07. The average Bonchev–Trinajstić information content (AvgIpc) is 2.53. The molecule has 2 aliphatic rings. The molecule has 0 unspecified atom stereocenters. The SMILES string of the molecule is C=C(CN1CCC(CCCCC(C)C)CC1)N1CCN([CH2-])CC1.[Nb]. The summed E-state index contributed by atoms with van der Waals surface area (Å²) in [5.74, 6) is 1.84. The van der Waals surface area contributed by atoms with Gasteiger partial charge in [-0.1, -0.05) is 46.1 Å². The number of piperazine rings is 1. The monoisotopic (exact) mass is 413 g/mol. The third kappa shape index (κ3) is 8.05. The Morgan fingerprint density at radius 3 is 2.25 bits per heavy atom. The van der Waals surface area contributed by atoms with Crippen LogP contribution in [0.2, 0.25) is 0 Å². The summed E-state index contributed by atoms with van der Waals surface area (Å²) in [5.41, 5.74) is 1.31. The van der Waals surface area contributed by atoms with E-state index >= 15 is 0 Å². The van der Waals surface area contributed by atoms with Crippen molar-refractivity contribution in [1.29, 1.82) is 0 Å². The van der Waals surface area contributed by atoms with Crippen LogP contribution in [0.15, 0.2) is 12.3 Å². The van der Waals surface area contributed by atoms with Crippen molar-refractivity contribution in [1.82, 2.24) is 14.7 Å². The second-order valence-electron chi connectivity index (χ2n) is 8.07. The predicted molar refractivity (Wildman–Crippen MR) is 100 cm³/mol. The zero-order valence-electron chi connectivity index (χ0n) is 16.1. The molecular formula is C20H38N3Nb-. The van der Waals surface area contributed by atoms with E-state index in [0.717, 1.165) is 44.6 Å². The van der Waals surface area contributed by atoms with E-state index in [2.05, 4.69) is 42.2 Å². The molecule has 2 aliphatic heterocycles. The van der Waals surface area contributed by atoms with E-state index in [9.17, 15) is 0 Å². The van der Waals surface area contributed by atoms with Gasteiger partial charge in [-0.15, -0.1) is 0 Å². The molecule has 0 aliphatic carbocycles. The van der Waals surface area contributed by atoms with Crippen LogP contribution in [0.5, 0.6) is 0 Å². The molecule has 2 rings (SSSR count). The maximum absolute atomic E-state index is 4.34. The van der Waals surface area contributed by atoms with Gasteiger partial charge in [0.05, 0.1) is 0 Å². The molecule has 0 aromatic heterocycles. The van der Waals surface area contributed by atoms with Gasteiger partial charge < -0.3 is 9.80 Å². The minimum atomic E-state index is 0. The van der Waals surface area contributed by atoms with Crippen molar-refractivity contribution in [3.8, 4) is 0 Å². The fourth-order valence-corrected chi connectivity index (χ4v) is 3.84. The van der Waals surface area contributed by atoms with Crippen LogP contribution in [-0.2, 0) is 22.4 Å². The van der Waals surface area contributed by atoms with Crippen molar-refractivity contribution in [3.63, 3.8) is 0 Å². The molecule has 0 aromatic rings. The molecule has 0 saturated carbocycles. The Labute approximate surface area is 166 Å². The fraction of sp³-hybridized carbons (Fsp3) is 0.850. The van der Waals surface area contributed by atoms with Crippen molar-refractivity contribution in [2.45, 2.75) is 52.4 Å². The molecule has 2 saturated heterocycles. The smallest absolute Gasteiger partial charge is 0.0377 e. The standard InChI is InChI=1S/C20H38N3.Nb/c1-18(2)7-5-6-8-20-9-11-22(12-10-20)17-19(3)23-15-13-21(4)14-16-23;/h18,20H,3-17H2,1-2H3;/q-1;. The third-order valence-electron chi connectivity index (χ3n) is 5.58. The zero-order valence-corrected chi connectivity index (χ0v) is 18.2. The van der Waals surface area contributed by atoms with Crippen molar-refractivity contribution < 1.29 is 22.4 Å². The van der Waals surface area contributed by atoms with Crippen LogP contribution in [0.1, 0.15) is 52.4 Å². The minimum absolute atomic E-state index is 0. The Morgan fingerprint density at radius 1 is 1.04 bits per heavy atom. The Hall–Kier alpha value is 0.200. The van der Waals surface area contributed by atoms with Crippen LogP contribution >= 0.6 is 0 Å². The van der Waals surface area contributed by atoms with Gasteiger partial charge in [-0.05, 0) is 50.9 Å². The van der Waals surface area contributed by atoms with Crippen molar-refractivity contribution in [2.24, 2.45) is 11.8 Å². The van der Waals surface area contributed by atoms with E-state index in [-0.39, 0.29) is 22.4 Å². The minimum Gasteiger partial charge on any atom is -0.456 e. The molecule has 24 heavy (non-hydrogen) atoms. The van der Waals surface area contributed by atoms with E-state index < -0.39 is 0 Å². The molecule has 0 aromatic carbocycles. The normalized spacial score (nSPS) is 21.1. The molecule has 0 N–H and O–H groups in total. The topological polar surface area (TPSA) is 9.72 Å². The van der Waals surface area contributed by atoms with E-state index in [1.807, 2.05) is 0 Å². The van der Waals surface area contributed by atoms with Crippen LogP contribution < -0.4 is 0 Å². The van der Waals surface area contributed by atoms with Crippen molar-refractivity contribution in [3.05, 3.63) is 19.3 Å². The summed E-state index contributed by atoms with van der Waals surface area (Å²) in [4.78, 5) is 7.23. The van der Waals surface area contributed by atoms with Gasteiger partial charge in [-0.25, -0.2) is 0 Å².